The van der Waals surface area contributed by atoms with Gasteiger partial charge in [0, 0.05) is 23.0 Å². The summed E-state index contributed by atoms with van der Waals surface area (Å²) in [6.07, 6.45) is 0. The largest absolute Gasteiger partial charge is 0.441 e. The number of thioether (sulfide) groups is 1. The normalized spacial score (nSPS) is 12.7. The standard InChI is InChI=1S/C10H12ClF3N2O2S2/c1-6-8(15)4-7(11)5-9(6)20(17,18)16-2-3-19-10(12,13)14/h4-5,16H,2-3,15H2,1H3. The van der Waals surface area contributed by atoms with E-state index in [-0.39, 0.29) is 33.9 Å². The smallest absolute Gasteiger partial charge is 0.398 e. The average molecular weight is 349 g/mol. The Morgan fingerprint density at radius 1 is 1.40 bits per heavy atom. The molecule has 0 saturated carbocycles. The Morgan fingerprint density at radius 2 is 2.00 bits per heavy atom. The SMILES string of the molecule is Cc1c(N)cc(Cl)cc1S(=O)(=O)NCCSC(F)(F)F. The van der Waals surface area contributed by atoms with Gasteiger partial charge in [-0.3, -0.25) is 0 Å². The van der Waals surface area contributed by atoms with Gasteiger partial charge in [0.2, 0.25) is 10.0 Å². The van der Waals surface area contributed by atoms with Crippen molar-refractivity contribution in [2.24, 2.45) is 0 Å². The molecule has 10 heteroatoms. The monoisotopic (exact) mass is 348 g/mol. The lowest BCUT2D eigenvalue weighted by atomic mass is 10.2. The van der Waals surface area contributed by atoms with E-state index < -0.39 is 21.3 Å². The van der Waals surface area contributed by atoms with Crippen LogP contribution >= 0.6 is 23.4 Å². The predicted octanol–water partition coefficient (Wildman–Crippen LogP) is 2.76. The topological polar surface area (TPSA) is 72.2 Å². The molecule has 0 atom stereocenters. The summed E-state index contributed by atoms with van der Waals surface area (Å²) in [6, 6.07) is 2.60. The highest BCUT2D eigenvalue weighted by molar-refractivity contribution is 8.00. The van der Waals surface area contributed by atoms with Crippen LogP contribution in [-0.4, -0.2) is 26.2 Å². The third-order valence-electron chi connectivity index (χ3n) is 2.31. The maximum Gasteiger partial charge on any atom is 0.441 e. The van der Waals surface area contributed by atoms with Crippen molar-refractivity contribution in [1.82, 2.24) is 4.72 Å². The van der Waals surface area contributed by atoms with Gasteiger partial charge in [0.1, 0.15) is 0 Å². The summed E-state index contributed by atoms with van der Waals surface area (Å²) in [5.74, 6) is -0.419. The zero-order valence-electron chi connectivity index (χ0n) is 10.3. The number of hydrogen-bond acceptors (Lipinski definition) is 4. The van der Waals surface area contributed by atoms with E-state index in [2.05, 4.69) is 4.72 Å². The quantitative estimate of drug-likeness (QED) is 0.634. The Morgan fingerprint density at radius 3 is 2.55 bits per heavy atom. The van der Waals surface area contributed by atoms with Crippen LogP contribution in [0.4, 0.5) is 18.9 Å². The minimum Gasteiger partial charge on any atom is -0.398 e. The van der Waals surface area contributed by atoms with Crippen molar-refractivity contribution in [3.05, 3.63) is 22.7 Å². The summed E-state index contributed by atoms with van der Waals surface area (Å²) < 4.78 is 61.8. The van der Waals surface area contributed by atoms with Crippen LogP contribution in [0.3, 0.4) is 0 Å². The Bertz CT molecular complexity index is 591. The summed E-state index contributed by atoms with van der Waals surface area (Å²) in [7, 11) is -3.95. The van der Waals surface area contributed by atoms with E-state index in [1.165, 1.54) is 19.1 Å². The zero-order valence-corrected chi connectivity index (χ0v) is 12.7. The molecule has 0 unspecified atom stereocenters. The number of alkyl halides is 3. The van der Waals surface area contributed by atoms with Crippen molar-refractivity contribution in [3.8, 4) is 0 Å². The van der Waals surface area contributed by atoms with E-state index in [1.54, 1.807) is 0 Å². The molecule has 0 aliphatic carbocycles. The number of halogens is 4. The Balaban J connectivity index is 2.80. The predicted molar refractivity (Wildman–Crippen MR) is 74.3 cm³/mol. The van der Waals surface area contributed by atoms with Crippen molar-refractivity contribution in [2.75, 3.05) is 18.0 Å². The fourth-order valence-corrected chi connectivity index (χ4v) is 3.56. The second-order valence-electron chi connectivity index (χ2n) is 3.81. The first-order valence-corrected chi connectivity index (χ1v) is 8.13. The fraction of sp³-hybridized carbons (Fsp3) is 0.400. The number of nitrogen functional groups attached to an aromatic ring is 1. The number of benzene rings is 1. The molecule has 20 heavy (non-hydrogen) atoms. The van der Waals surface area contributed by atoms with Crippen LogP contribution in [0.25, 0.3) is 0 Å². The third-order valence-corrected chi connectivity index (χ3v) is 4.86. The Hall–Kier alpha value is -0.640. The molecule has 0 aromatic heterocycles. The lowest BCUT2D eigenvalue weighted by Crippen LogP contribution is -2.27. The second-order valence-corrected chi connectivity index (χ2v) is 7.14. The van der Waals surface area contributed by atoms with E-state index in [0.29, 0.717) is 5.56 Å². The van der Waals surface area contributed by atoms with Crippen LogP contribution in [-0.2, 0) is 10.0 Å². The molecule has 0 fully saturated rings. The van der Waals surface area contributed by atoms with Gasteiger partial charge in [0.15, 0.2) is 0 Å². The minimum atomic E-state index is -4.39. The van der Waals surface area contributed by atoms with Gasteiger partial charge in [0.25, 0.3) is 0 Å². The first-order valence-electron chi connectivity index (χ1n) is 5.29. The molecular weight excluding hydrogens is 337 g/mol. The molecule has 0 saturated heterocycles. The maximum atomic E-state index is 12.0. The van der Waals surface area contributed by atoms with Gasteiger partial charge in [-0.2, -0.15) is 13.2 Å². The van der Waals surface area contributed by atoms with Gasteiger partial charge < -0.3 is 5.73 Å². The molecule has 3 N–H and O–H groups in total. The van der Waals surface area contributed by atoms with Crippen molar-refractivity contribution < 1.29 is 21.6 Å². The van der Waals surface area contributed by atoms with Gasteiger partial charge in [-0.25, -0.2) is 13.1 Å². The van der Waals surface area contributed by atoms with E-state index >= 15 is 0 Å². The number of anilines is 1. The molecule has 1 rings (SSSR count). The lowest BCUT2D eigenvalue weighted by molar-refractivity contribution is -0.0327. The molecule has 1 aromatic rings. The van der Waals surface area contributed by atoms with Gasteiger partial charge >= 0.3 is 5.51 Å². The van der Waals surface area contributed by atoms with Crippen molar-refractivity contribution in [2.45, 2.75) is 17.3 Å². The van der Waals surface area contributed by atoms with Crippen molar-refractivity contribution >= 4 is 39.1 Å². The van der Waals surface area contributed by atoms with Crippen LogP contribution in [0.1, 0.15) is 5.56 Å². The lowest BCUT2D eigenvalue weighted by Gasteiger charge is -2.12. The molecule has 0 radical (unpaired) electrons. The molecule has 114 valence electrons. The van der Waals surface area contributed by atoms with E-state index in [9.17, 15) is 21.6 Å². The van der Waals surface area contributed by atoms with Gasteiger partial charge in [-0.1, -0.05) is 11.6 Å². The average Bonchev–Trinajstić information content (AvgIpc) is 2.28. The summed E-state index contributed by atoms with van der Waals surface area (Å²) in [4.78, 5) is -0.139. The summed E-state index contributed by atoms with van der Waals surface area (Å²) in [5.41, 5.74) is 1.71. The summed E-state index contributed by atoms with van der Waals surface area (Å²) in [6.45, 7) is 1.14. The zero-order chi connectivity index (χ0) is 15.6. The summed E-state index contributed by atoms with van der Waals surface area (Å²) in [5, 5.41) is 0.137. The number of sulfonamides is 1. The molecule has 0 aliphatic heterocycles. The fourth-order valence-electron chi connectivity index (χ4n) is 1.37. The summed E-state index contributed by atoms with van der Waals surface area (Å²) >= 11 is 5.43. The van der Waals surface area contributed by atoms with Crippen LogP contribution in [0.2, 0.25) is 5.02 Å². The van der Waals surface area contributed by atoms with Crippen LogP contribution < -0.4 is 10.5 Å². The molecule has 0 bridgehead atoms. The van der Waals surface area contributed by atoms with Gasteiger partial charge in [0.05, 0.1) is 4.90 Å². The highest BCUT2D eigenvalue weighted by Gasteiger charge is 2.28. The first-order chi connectivity index (χ1) is 9.03. The van der Waals surface area contributed by atoms with Crippen LogP contribution in [0.5, 0.6) is 0 Å². The molecular formula is C10H12ClF3N2O2S2. The first kappa shape index (κ1) is 17.4. The van der Waals surface area contributed by atoms with E-state index in [1.807, 2.05) is 0 Å². The second kappa shape index (κ2) is 6.42. The van der Waals surface area contributed by atoms with E-state index in [0.717, 1.165) is 0 Å². The number of rotatable bonds is 5. The molecule has 0 amide bonds. The molecule has 0 heterocycles. The van der Waals surface area contributed by atoms with Crippen LogP contribution in [0, 0.1) is 6.92 Å². The molecule has 1 aromatic carbocycles. The highest BCUT2D eigenvalue weighted by Crippen LogP contribution is 2.30. The van der Waals surface area contributed by atoms with Crippen LogP contribution in [0.15, 0.2) is 17.0 Å². The van der Waals surface area contributed by atoms with Gasteiger partial charge in [-0.05, 0) is 36.4 Å². The maximum absolute atomic E-state index is 12.0. The molecule has 0 spiro atoms. The Labute approximate surface area is 123 Å². The third kappa shape index (κ3) is 5.04. The molecule has 0 aliphatic rings. The number of nitrogens with one attached hydrogen (secondary N) is 1. The minimum absolute atomic E-state index is 0.137. The van der Waals surface area contributed by atoms with Crippen molar-refractivity contribution in [3.63, 3.8) is 0 Å². The van der Waals surface area contributed by atoms with E-state index in [4.69, 9.17) is 17.3 Å². The Kier molecular flexibility index (Phi) is 5.59. The number of nitrogens with two attached hydrogens (primary N) is 1. The molecule has 4 nitrogen and oxygen atoms in total. The van der Waals surface area contributed by atoms with Crippen molar-refractivity contribution in [1.29, 1.82) is 0 Å². The van der Waals surface area contributed by atoms with Gasteiger partial charge in [-0.15, -0.1) is 0 Å². The number of hydrogen-bond donors (Lipinski definition) is 2. The highest BCUT2D eigenvalue weighted by atomic mass is 35.5.